The van der Waals surface area contributed by atoms with E-state index in [4.69, 9.17) is 28.8 Å². The van der Waals surface area contributed by atoms with Gasteiger partial charge in [-0.05, 0) is 79.8 Å². The second kappa shape index (κ2) is 12.8. The van der Waals surface area contributed by atoms with Crippen molar-refractivity contribution < 1.29 is 8.83 Å². The van der Waals surface area contributed by atoms with Gasteiger partial charge in [-0.1, -0.05) is 146 Å². The Bertz CT molecular complexity index is 3560. The van der Waals surface area contributed by atoms with Crippen LogP contribution in [0.25, 0.3) is 122 Å². The minimum Gasteiger partial charge on any atom is -0.455 e. The largest absolute Gasteiger partial charge is 0.455 e. The van der Waals surface area contributed by atoms with Crippen LogP contribution in [0.5, 0.6) is 0 Å². The smallest absolute Gasteiger partial charge is 0.227 e. The van der Waals surface area contributed by atoms with Crippen molar-refractivity contribution in [2.24, 2.45) is 0 Å². The van der Waals surface area contributed by atoms with Crippen LogP contribution in [0.2, 0.25) is 0 Å². The third-order valence-electron chi connectivity index (χ3n) is 11.1. The Balaban J connectivity index is 1.11. The van der Waals surface area contributed by atoms with Gasteiger partial charge in [-0.15, -0.1) is 0 Å². The average molecular weight is 743 g/mol. The molecule has 0 bridgehead atoms. The summed E-state index contributed by atoms with van der Waals surface area (Å²) in [6, 6.07) is 62.4. The van der Waals surface area contributed by atoms with Gasteiger partial charge in [0.1, 0.15) is 16.7 Å². The van der Waals surface area contributed by atoms with Gasteiger partial charge in [-0.2, -0.15) is 0 Å². The van der Waals surface area contributed by atoms with E-state index >= 15 is 0 Å². The van der Waals surface area contributed by atoms with Crippen molar-refractivity contribution in [3.63, 3.8) is 0 Å². The molecule has 3 aromatic heterocycles. The zero-order valence-corrected chi connectivity index (χ0v) is 30.9. The number of aromatic nitrogens is 4. The lowest BCUT2D eigenvalue weighted by molar-refractivity contribution is 0.622. The van der Waals surface area contributed by atoms with E-state index in [2.05, 4.69) is 133 Å². The first kappa shape index (κ1) is 32.3. The summed E-state index contributed by atoms with van der Waals surface area (Å²) < 4.78 is 13.4. The topological polar surface area (TPSA) is 77.8 Å². The molecule has 0 aliphatic rings. The molecule has 3 heterocycles. The summed E-state index contributed by atoms with van der Waals surface area (Å²) in [5, 5.41) is 8.52. The van der Waals surface area contributed by atoms with E-state index in [0.717, 1.165) is 71.2 Å². The Morgan fingerprint density at radius 2 is 0.914 bits per heavy atom. The van der Waals surface area contributed by atoms with Crippen LogP contribution < -0.4 is 0 Å². The minimum atomic E-state index is 0.513. The fourth-order valence-electron chi connectivity index (χ4n) is 8.30. The average Bonchev–Trinajstić information content (AvgIpc) is 3.92. The molecule has 0 atom stereocenters. The summed E-state index contributed by atoms with van der Waals surface area (Å²) >= 11 is 0. The standard InChI is InChI=1S/C52H30N4O2/c1-3-11-31(12-4-1)32-19-24-35(25-20-32)49-54-50(38-26-23-34-22-21-33-13-7-9-17-39(33)41(34)30-38)56-51(55-49)42-29-37-16-8-10-18-40(37)45-46-44(57-47(42)45)28-27-43-48(46)58-52(53-43)36-14-5-2-6-15-36/h1-30H. The van der Waals surface area contributed by atoms with Crippen molar-refractivity contribution >= 4 is 65.4 Å². The maximum absolute atomic E-state index is 6.84. The normalized spacial score (nSPS) is 11.8. The summed E-state index contributed by atoms with van der Waals surface area (Å²) in [6.45, 7) is 0. The fraction of sp³-hybridized carbons (Fsp3) is 0. The number of hydrogen-bond acceptors (Lipinski definition) is 6. The summed E-state index contributed by atoms with van der Waals surface area (Å²) in [5.74, 6) is 2.22. The van der Waals surface area contributed by atoms with Crippen molar-refractivity contribution in [3.8, 4) is 56.7 Å². The molecule has 0 saturated heterocycles. The van der Waals surface area contributed by atoms with Crippen LogP contribution >= 0.6 is 0 Å². The van der Waals surface area contributed by atoms with E-state index in [1.54, 1.807) is 0 Å². The third kappa shape index (κ3) is 5.20. The molecule has 0 radical (unpaired) electrons. The van der Waals surface area contributed by atoms with Gasteiger partial charge in [-0.3, -0.25) is 0 Å². The SMILES string of the molecule is c1ccc(-c2ccc(-c3nc(-c4ccc5ccc6ccccc6c5c4)nc(-c4cc5ccccc5c5c4oc4ccc6nc(-c7ccccc7)oc6c45)n3)cc2)cc1. The quantitative estimate of drug-likeness (QED) is 0.163. The molecule has 58 heavy (non-hydrogen) atoms. The number of rotatable bonds is 5. The molecule has 6 nitrogen and oxygen atoms in total. The summed E-state index contributed by atoms with van der Waals surface area (Å²) in [5.41, 5.74) is 8.53. The van der Waals surface area contributed by atoms with E-state index in [9.17, 15) is 0 Å². The van der Waals surface area contributed by atoms with Crippen LogP contribution in [0.3, 0.4) is 0 Å². The molecule has 12 aromatic rings. The highest BCUT2D eigenvalue weighted by Crippen LogP contribution is 2.44. The van der Waals surface area contributed by atoms with E-state index in [1.807, 2.05) is 48.5 Å². The van der Waals surface area contributed by atoms with Gasteiger partial charge in [0.05, 0.1) is 10.9 Å². The van der Waals surface area contributed by atoms with Crippen LogP contribution in [0.1, 0.15) is 0 Å². The van der Waals surface area contributed by atoms with Crippen LogP contribution in [0.4, 0.5) is 0 Å². The van der Waals surface area contributed by atoms with Crippen molar-refractivity contribution in [1.82, 2.24) is 19.9 Å². The van der Waals surface area contributed by atoms with Gasteiger partial charge in [0.25, 0.3) is 0 Å². The van der Waals surface area contributed by atoms with Crippen molar-refractivity contribution in [1.29, 1.82) is 0 Å². The highest BCUT2D eigenvalue weighted by Gasteiger charge is 2.23. The van der Waals surface area contributed by atoms with Crippen LogP contribution in [0, 0.1) is 0 Å². The maximum Gasteiger partial charge on any atom is 0.227 e. The second-order valence-electron chi connectivity index (χ2n) is 14.6. The van der Waals surface area contributed by atoms with Crippen molar-refractivity contribution in [2.75, 3.05) is 0 Å². The lowest BCUT2D eigenvalue weighted by Gasteiger charge is -2.11. The van der Waals surface area contributed by atoms with Crippen LogP contribution in [-0.4, -0.2) is 19.9 Å². The molecule has 0 unspecified atom stereocenters. The molecule has 9 aromatic carbocycles. The van der Waals surface area contributed by atoms with Crippen LogP contribution in [0.15, 0.2) is 191 Å². The van der Waals surface area contributed by atoms with Crippen molar-refractivity contribution in [2.45, 2.75) is 0 Å². The second-order valence-corrected chi connectivity index (χ2v) is 14.6. The Hall–Kier alpha value is -7.96. The molecule has 0 amide bonds. The molecule has 0 aliphatic heterocycles. The van der Waals surface area contributed by atoms with Crippen molar-refractivity contribution in [3.05, 3.63) is 182 Å². The van der Waals surface area contributed by atoms with E-state index in [1.165, 1.54) is 10.8 Å². The molecule has 0 spiro atoms. The summed E-state index contributed by atoms with van der Waals surface area (Å²) in [7, 11) is 0. The monoisotopic (exact) mass is 742 g/mol. The van der Waals surface area contributed by atoms with Gasteiger partial charge in [0.2, 0.25) is 5.89 Å². The van der Waals surface area contributed by atoms with Gasteiger partial charge < -0.3 is 8.83 Å². The first-order valence-corrected chi connectivity index (χ1v) is 19.3. The van der Waals surface area contributed by atoms with Gasteiger partial charge in [0.15, 0.2) is 23.1 Å². The molecule has 270 valence electrons. The van der Waals surface area contributed by atoms with Crippen LogP contribution in [-0.2, 0) is 0 Å². The molecule has 6 heteroatoms. The van der Waals surface area contributed by atoms with Gasteiger partial charge >= 0.3 is 0 Å². The Kier molecular flexibility index (Phi) is 7.13. The first-order valence-electron chi connectivity index (χ1n) is 19.3. The Morgan fingerprint density at radius 3 is 1.71 bits per heavy atom. The Labute approximate surface area is 331 Å². The lowest BCUT2D eigenvalue weighted by atomic mass is 9.99. The molecular weight excluding hydrogens is 713 g/mol. The van der Waals surface area contributed by atoms with Gasteiger partial charge in [-0.25, -0.2) is 19.9 Å². The predicted molar refractivity (Wildman–Crippen MR) is 234 cm³/mol. The highest BCUT2D eigenvalue weighted by molar-refractivity contribution is 6.27. The molecule has 0 fully saturated rings. The number of nitrogens with zero attached hydrogens (tertiary/aromatic N) is 4. The number of furan rings is 1. The zero-order chi connectivity index (χ0) is 38.2. The van der Waals surface area contributed by atoms with E-state index < -0.39 is 0 Å². The number of hydrogen-bond donors (Lipinski definition) is 0. The predicted octanol–water partition coefficient (Wildman–Crippen LogP) is 13.7. The first-order chi connectivity index (χ1) is 28.7. The Morgan fingerprint density at radius 1 is 0.328 bits per heavy atom. The summed E-state index contributed by atoms with van der Waals surface area (Å²) in [4.78, 5) is 20.6. The fourth-order valence-corrected chi connectivity index (χ4v) is 8.30. The molecule has 0 N–H and O–H groups in total. The molecular formula is C52H30N4O2. The number of fused-ring (bicyclic) bond motifs is 10. The zero-order valence-electron chi connectivity index (χ0n) is 30.9. The molecule has 0 saturated carbocycles. The third-order valence-corrected chi connectivity index (χ3v) is 11.1. The van der Waals surface area contributed by atoms with Gasteiger partial charge in [0, 0.05) is 22.1 Å². The highest BCUT2D eigenvalue weighted by atomic mass is 16.4. The lowest BCUT2D eigenvalue weighted by Crippen LogP contribution is -2.00. The number of oxazole rings is 1. The summed E-state index contributed by atoms with van der Waals surface area (Å²) in [6.07, 6.45) is 0. The molecule has 12 rings (SSSR count). The minimum absolute atomic E-state index is 0.513. The molecule has 0 aliphatic carbocycles. The maximum atomic E-state index is 6.84. The van der Waals surface area contributed by atoms with E-state index in [-0.39, 0.29) is 0 Å². The van der Waals surface area contributed by atoms with E-state index in [0.29, 0.717) is 40.1 Å². The number of benzene rings is 9.